The number of ether oxygens (including phenoxy) is 1. The number of carbonyl (C=O) groups is 1. The van der Waals surface area contributed by atoms with Gasteiger partial charge in [-0.2, -0.15) is 5.10 Å². The zero-order chi connectivity index (χ0) is 22.5. The molecule has 1 fully saturated rings. The number of nitrogens with two attached hydrogens (primary N) is 1. The third-order valence-electron chi connectivity index (χ3n) is 6.01. The molecule has 3 N–H and O–H groups in total. The number of carboxylic acid groups (broad SMARTS) is 1. The largest absolute Gasteiger partial charge is 0.481 e. The van der Waals surface area contributed by atoms with Crippen molar-refractivity contribution in [2.24, 2.45) is 0 Å². The second kappa shape index (κ2) is 10.1. The highest BCUT2D eigenvalue weighted by Gasteiger charge is 2.18. The Morgan fingerprint density at radius 3 is 2.72 bits per heavy atom. The van der Waals surface area contributed by atoms with Crippen LogP contribution in [0.5, 0.6) is 0 Å². The fraction of sp³-hybridized carbons (Fsp3) is 0.522. The minimum Gasteiger partial charge on any atom is -0.481 e. The van der Waals surface area contributed by atoms with Gasteiger partial charge < -0.3 is 20.5 Å². The molecule has 0 radical (unpaired) electrons. The number of carboxylic acids is 1. The number of nitrogens with zero attached hydrogens (tertiary/aromatic N) is 5. The van der Waals surface area contributed by atoms with Crippen molar-refractivity contribution < 1.29 is 14.6 Å². The van der Waals surface area contributed by atoms with Crippen molar-refractivity contribution in [3.05, 3.63) is 24.4 Å². The minimum atomic E-state index is -0.823. The van der Waals surface area contributed by atoms with Crippen molar-refractivity contribution in [1.29, 1.82) is 0 Å². The van der Waals surface area contributed by atoms with E-state index in [0.29, 0.717) is 12.4 Å². The molecule has 0 aliphatic carbocycles. The molecule has 0 bridgehead atoms. The molecule has 1 aliphatic heterocycles. The molecule has 2 aromatic heterocycles. The minimum absolute atomic E-state index is 0.0557. The maximum atomic E-state index is 10.5. The number of fused-ring (bicyclic) bond motifs is 3. The molecule has 0 amide bonds. The predicted molar refractivity (Wildman–Crippen MR) is 126 cm³/mol. The first kappa shape index (κ1) is 22.3. The lowest BCUT2D eigenvalue weighted by molar-refractivity contribution is -0.138. The summed E-state index contributed by atoms with van der Waals surface area (Å²) >= 11 is 0. The Morgan fingerprint density at radius 2 is 1.97 bits per heavy atom. The highest BCUT2D eigenvalue weighted by Crippen LogP contribution is 2.30. The molecule has 1 saturated heterocycles. The van der Waals surface area contributed by atoms with Crippen LogP contribution in [0, 0.1) is 0 Å². The molecule has 9 heteroatoms. The molecule has 1 aliphatic rings. The van der Waals surface area contributed by atoms with Crippen molar-refractivity contribution in [1.82, 2.24) is 19.7 Å². The molecule has 3 heterocycles. The Balaban J connectivity index is 1.40. The van der Waals surface area contributed by atoms with E-state index in [2.05, 4.69) is 51.2 Å². The van der Waals surface area contributed by atoms with Crippen LogP contribution in [0.25, 0.3) is 21.8 Å². The van der Waals surface area contributed by atoms with Crippen LogP contribution in [0.2, 0.25) is 0 Å². The number of hydrogen-bond acceptors (Lipinski definition) is 7. The third kappa shape index (κ3) is 5.11. The van der Waals surface area contributed by atoms with Crippen molar-refractivity contribution in [2.75, 3.05) is 56.6 Å². The van der Waals surface area contributed by atoms with E-state index in [1.165, 1.54) is 0 Å². The zero-order valence-corrected chi connectivity index (χ0v) is 18.7. The van der Waals surface area contributed by atoms with Gasteiger partial charge in [0, 0.05) is 61.9 Å². The van der Waals surface area contributed by atoms with Gasteiger partial charge in [0.1, 0.15) is 5.52 Å². The Hall–Kier alpha value is -2.91. The summed E-state index contributed by atoms with van der Waals surface area (Å²) in [5.41, 5.74) is 9.07. The Morgan fingerprint density at radius 1 is 1.16 bits per heavy atom. The summed E-state index contributed by atoms with van der Waals surface area (Å²) < 4.78 is 7.39. The zero-order valence-electron chi connectivity index (χ0n) is 18.7. The van der Waals surface area contributed by atoms with E-state index < -0.39 is 5.97 Å². The lowest BCUT2D eigenvalue weighted by Crippen LogP contribution is -2.47. The van der Waals surface area contributed by atoms with E-state index in [9.17, 15) is 4.79 Å². The van der Waals surface area contributed by atoms with Crippen LogP contribution in [0.1, 0.15) is 26.2 Å². The lowest BCUT2D eigenvalue weighted by atomic mass is 10.1. The van der Waals surface area contributed by atoms with E-state index >= 15 is 0 Å². The van der Waals surface area contributed by atoms with E-state index in [1.54, 1.807) is 0 Å². The van der Waals surface area contributed by atoms with Crippen LogP contribution in [0.4, 0.5) is 11.5 Å². The maximum absolute atomic E-state index is 10.5. The first-order chi connectivity index (χ1) is 15.5. The third-order valence-corrected chi connectivity index (χ3v) is 6.01. The summed E-state index contributed by atoms with van der Waals surface area (Å²) in [4.78, 5) is 19.9. The molecule has 32 heavy (non-hydrogen) atoms. The molecule has 0 atom stereocenters. The molecule has 0 unspecified atom stereocenters. The molecule has 4 rings (SSSR count). The monoisotopic (exact) mass is 440 g/mol. The molecule has 172 valence electrons. The van der Waals surface area contributed by atoms with Gasteiger partial charge in [0.25, 0.3) is 0 Å². The molecule has 0 spiro atoms. The normalized spacial score (nSPS) is 15.1. The molecular formula is C23H32N6O3. The van der Waals surface area contributed by atoms with Crippen molar-refractivity contribution in [3.63, 3.8) is 0 Å². The fourth-order valence-corrected chi connectivity index (χ4v) is 4.15. The molecule has 1 aromatic carbocycles. The smallest absolute Gasteiger partial charge is 0.305 e. The second-order valence-electron chi connectivity index (χ2n) is 8.29. The van der Waals surface area contributed by atoms with Crippen LogP contribution >= 0.6 is 0 Å². The Labute approximate surface area is 187 Å². The summed E-state index contributed by atoms with van der Waals surface area (Å²) in [5, 5.41) is 15.4. The van der Waals surface area contributed by atoms with Crippen LogP contribution in [0.15, 0.2) is 24.4 Å². The number of aliphatic carboxylic acids is 1. The predicted octanol–water partition coefficient (Wildman–Crippen LogP) is 2.58. The van der Waals surface area contributed by atoms with E-state index in [4.69, 9.17) is 15.6 Å². The number of piperazine rings is 1. The maximum Gasteiger partial charge on any atom is 0.305 e. The Kier molecular flexibility index (Phi) is 7.06. The molecule has 9 nitrogen and oxygen atoms in total. The number of nitrogen functional groups attached to an aromatic ring is 1. The first-order valence-corrected chi connectivity index (χ1v) is 11.4. The van der Waals surface area contributed by atoms with Crippen LogP contribution < -0.4 is 10.6 Å². The van der Waals surface area contributed by atoms with Gasteiger partial charge in [0.05, 0.1) is 25.2 Å². The number of benzene rings is 1. The molecule has 0 saturated carbocycles. The number of pyridine rings is 1. The number of aromatic nitrogens is 3. The van der Waals surface area contributed by atoms with Gasteiger partial charge in [-0.25, -0.2) is 4.98 Å². The number of anilines is 2. The number of hydrogen-bond donors (Lipinski definition) is 2. The number of unbranched alkanes of at least 4 members (excludes halogenated alkanes) is 1. The van der Waals surface area contributed by atoms with Crippen molar-refractivity contribution in [3.8, 4) is 0 Å². The first-order valence-electron chi connectivity index (χ1n) is 11.4. The number of rotatable bonds is 10. The van der Waals surface area contributed by atoms with Gasteiger partial charge in [0.2, 0.25) is 0 Å². The summed E-state index contributed by atoms with van der Waals surface area (Å²) in [6, 6.07) is 6.42. The van der Waals surface area contributed by atoms with Crippen LogP contribution in [0.3, 0.4) is 0 Å². The quantitative estimate of drug-likeness (QED) is 0.463. The van der Waals surface area contributed by atoms with Gasteiger partial charge >= 0.3 is 5.97 Å². The highest BCUT2D eigenvalue weighted by atomic mass is 16.5. The average molecular weight is 441 g/mol. The van der Waals surface area contributed by atoms with E-state index in [1.807, 2.05) is 4.68 Å². The molecular weight excluding hydrogens is 408 g/mol. The van der Waals surface area contributed by atoms with Gasteiger partial charge in [-0.3, -0.25) is 14.4 Å². The summed E-state index contributed by atoms with van der Waals surface area (Å²) in [6.45, 7) is 8.45. The van der Waals surface area contributed by atoms with Gasteiger partial charge in [-0.05, 0) is 18.6 Å². The topological polar surface area (TPSA) is 110 Å². The fourth-order valence-electron chi connectivity index (χ4n) is 4.15. The van der Waals surface area contributed by atoms with Crippen LogP contribution in [-0.4, -0.2) is 76.7 Å². The Bertz CT molecular complexity index is 1070. The summed E-state index contributed by atoms with van der Waals surface area (Å²) in [5.74, 6) is -0.344. The van der Waals surface area contributed by atoms with Crippen molar-refractivity contribution >= 4 is 39.3 Å². The standard InChI is InChI=1S/C23H32N6O3/c1-2-3-7-29-16-19-18-5-4-17(15-20(18)25-23(24)22(19)26-29)28-10-8-27(9-11-28)12-14-32-13-6-21(30)31/h4-5,15-16H,2-3,6-14H2,1H3,(H2,24,25)(H,30,31). The van der Waals surface area contributed by atoms with Crippen molar-refractivity contribution in [2.45, 2.75) is 32.7 Å². The van der Waals surface area contributed by atoms with Gasteiger partial charge in [0.15, 0.2) is 5.82 Å². The van der Waals surface area contributed by atoms with Gasteiger partial charge in [-0.1, -0.05) is 19.4 Å². The lowest BCUT2D eigenvalue weighted by Gasteiger charge is -2.36. The number of aryl methyl sites for hydroxylation is 1. The van der Waals surface area contributed by atoms with Crippen LogP contribution in [-0.2, 0) is 16.1 Å². The highest BCUT2D eigenvalue weighted by molar-refractivity contribution is 6.08. The second-order valence-corrected chi connectivity index (χ2v) is 8.29. The molecule has 3 aromatic rings. The van der Waals surface area contributed by atoms with E-state index in [-0.39, 0.29) is 13.0 Å². The average Bonchev–Trinajstić information content (AvgIpc) is 3.22. The summed E-state index contributed by atoms with van der Waals surface area (Å²) in [7, 11) is 0. The SMILES string of the molecule is CCCCn1cc2c(n1)c(N)nc1cc(N3CCN(CCOCCC(=O)O)CC3)ccc12. The van der Waals surface area contributed by atoms with Gasteiger partial charge in [-0.15, -0.1) is 0 Å². The summed E-state index contributed by atoms with van der Waals surface area (Å²) in [6.07, 6.45) is 4.35. The van der Waals surface area contributed by atoms with E-state index in [0.717, 1.165) is 79.6 Å².